The summed E-state index contributed by atoms with van der Waals surface area (Å²) in [5, 5.41) is 0. The van der Waals surface area contributed by atoms with Crippen LogP contribution in [-0.4, -0.2) is 5.78 Å². The summed E-state index contributed by atoms with van der Waals surface area (Å²) in [6, 6.07) is 14.8. The van der Waals surface area contributed by atoms with Crippen molar-refractivity contribution in [2.45, 2.75) is 19.3 Å². The maximum atomic E-state index is 12.2. The highest BCUT2D eigenvalue weighted by Gasteiger charge is 2.33. The number of carbonyl (C=O) groups is 1. The molecule has 2 aromatic carbocycles. The number of nitrogens with two attached hydrogens (primary N) is 2. The van der Waals surface area contributed by atoms with Crippen LogP contribution >= 0.6 is 24.8 Å². The minimum atomic E-state index is -0.679. The third kappa shape index (κ3) is 3.69. The average molecular weight is 327 g/mol. The van der Waals surface area contributed by atoms with Gasteiger partial charge >= 0.3 is 0 Å². The predicted octanol–water partition coefficient (Wildman–Crippen LogP) is 3.59. The summed E-state index contributed by atoms with van der Waals surface area (Å²) in [7, 11) is 0. The quantitative estimate of drug-likeness (QED) is 0.847. The summed E-state index contributed by atoms with van der Waals surface area (Å²) >= 11 is 0. The fraction of sp³-hybridized carbons (Fsp3) is 0.188. The van der Waals surface area contributed by atoms with Crippen molar-refractivity contribution in [1.29, 1.82) is 0 Å². The first kappa shape index (κ1) is 19.3. The molecule has 0 aliphatic carbocycles. The first-order valence-corrected chi connectivity index (χ1v) is 6.17. The van der Waals surface area contributed by atoms with Crippen LogP contribution in [-0.2, 0) is 10.2 Å². The Labute approximate surface area is 137 Å². The maximum absolute atomic E-state index is 12.2. The Bertz CT molecular complexity index is 549. The van der Waals surface area contributed by atoms with Gasteiger partial charge in [0.2, 0.25) is 0 Å². The Balaban J connectivity index is 0.00000200. The number of carbonyl (C=O) groups excluding carboxylic acids is 1. The Morgan fingerprint density at radius 3 is 1.33 bits per heavy atom. The lowest BCUT2D eigenvalue weighted by atomic mass is 9.73. The molecule has 0 aromatic heterocycles. The largest absolute Gasteiger partial charge is 0.399 e. The molecule has 0 atom stereocenters. The molecule has 0 aliphatic heterocycles. The molecule has 114 valence electrons. The number of anilines is 2. The fourth-order valence-electron chi connectivity index (χ4n) is 2.21. The van der Waals surface area contributed by atoms with Crippen molar-refractivity contribution >= 4 is 42.0 Å². The maximum Gasteiger partial charge on any atom is 0.144 e. The number of rotatable bonds is 3. The van der Waals surface area contributed by atoms with E-state index in [1.165, 1.54) is 0 Å². The highest BCUT2D eigenvalue weighted by Crippen LogP contribution is 2.33. The number of nitrogen functional groups attached to an aromatic ring is 2. The van der Waals surface area contributed by atoms with E-state index in [4.69, 9.17) is 11.5 Å². The minimum absolute atomic E-state index is 0. The lowest BCUT2D eigenvalue weighted by Gasteiger charge is -2.28. The SMILES string of the molecule is CC(=O)C(C)(c1ccc(N)cc1)c1ccc(N)cc1.Cl.Cl. The second-order valence-electron chi connectivity index (χ2n) is 4.93. The molecular formula is C16H20Cl2N2O. The van der Waals surface area contributed by atoms with Gasteiger partial charge in [-0.15, -0.1) is 24.8 Å². The number of Topliss-reactive ketones (excluding diaryl/α,β-unsaturated/α-hetero) is 1. The van der Waals surface area contributed by atoms with Crippen molar-refractivity contribution in [2.75, 3.05) is 11.5 Å². The summed E-state index contributed by atoms with van der Waals surface area (Å²) in [5.41, 5.74) is 14.0. The first-order chi connectivity index (χ1) is 8.94. The lowest BCUT2D eigenvalue weighted by Crippen LogP contribution is -2.32. The molecule has 2 rings (SSSR count). The Kier molecular flexibility index (Phi) is 6.74. The van der Waals surface area contributed by atoms with E-state index in [-0.39, 0.29) is 30.6 Å². The summed E-state index contributed by atoms with van der Waals surface area (Å²) < 4.78 is 0. The van der Waals surface area contributed by atoms with Gasteiger partial charge in [0.25, 0.3) is 0 Å². The summed E-state index contributed by atoms with van der Waals surface area (Å²) in [4.78, 5) is 12.2. The van der Waals surface area contributed by atoms with Crippen LogP contribution in [0.1, 0.15) is 25.0 Å². The van der Waals surface area contributed by atoms with E-state index >= 15 is 0 Å². The van der Waals surface area contributed by atoms with E-state index in [2.05, 4.69) is 0 Å². The van der Waals surface area contributed by atoms with E-state index in [0.29, 0.717) is 11.4 Å². The molecule has 0 aliphatic rings. The Morgan fingerprint density at radius 2 is 1.10 bits per heavy atom. The van der Waals surface area contributed by atoms with Gasteiger partial charge in [0.15, 0.2) is 0 Å². The zero-order chi connectivity index (χ0) is 14.0. The third-order valence-corrected chi connectivity index (χ3v) is 3.68. The van der Waals surface area contributed by atoms with E-state index in [0.717, 1.165) is 11.1 Å². The van der Waals surface area contributed by atoms with E-state index in [9.17, 15) is 4.79 Å². The monoisotopic (exact) mass is 326 g/mol. The Hall–Kier alpha value is -1.71. The molecule has 21 heavy (non-hydrogen) atoms. The van der Waals surface area contributed by atoms with Crippen LogP contribution < -0.4 is 11.5 Å². The number of hydrogen-bond acceptors (Lipinski definition) is 3. The normalized spacial score (nSPS) is 10.2. The van der Waals surface area contributed by atoms with Gasteiger partial charge in [0.1, 0.15) is 5.78 Å². The predicted molar refractivity (Wildman–Crippen MR) is 93.3 cm³/mol. The molecule has 0 amide bonds. The van der Waals surface area contributed by atoms with Crippen LogP contribution in [0.15, 0.2) is 48.5 Å². The molecule has 0 bridgehead atoms. The van der Waals surface area contributed by atoms with Crippen molar-refractivity contribution in [1.82, 2.24) is 0 Å². The van der Waals surface area contributed by atoms with E-state index in [1.54, 1.807) is 6.92 Å². The van der Waals surface area contributed by atoms with Crippen LogP contribution in [0.3, 0.4) is 0 Å². The summed E-state index contributed by atoms with van der Waals surface area (Å²) in [6.45, 7) is 3.53. The molecule has 0 fully saturated rings. The third-order valence-electron chi connectivity index (χ3n) is 3.68. The van der Waals surface area contributed by atoms with Gasteiger partial charge in [-0.25, -0.2) is 0 Å². The van der Waals surface area contributed by atoms with Crippen molar-refractivity contribution in [3.05, 3.63) is 59.7 Å². The van der Waals surface area contributed by atoms with E-state index in [1.807, 2.05) is 55.5 Å². The lowest BCUT2D eigenvalue weighted by molar-refractivity contribution is -0.120. The van der Waals surface area contributed by atoms with Crippen LogP contribution in [0.25, 0.3) is 0 Å². The first-order valence-electron chi connectivity index (χ1n) is 6.17. The van der Waals surface area contributed by atoms with Gasteiger partial charge in [-0.2, -0.15) is 0 Å². The molecular weight excluding hydrogens is 307 g/mol. The smallest absolute Gasteiger partial charge is 0.144 e. The van der Waals surface area contributed by atoms with Gasteiger partial charge in [-0.1, -0.05) is 24.3 Å². The minimum Gasteiger partial charge on any atom is -0.399 e. The van der Waals surface area contributed by atoms with Gasteiger partial charge in [0, 0.05) is 11.4 Å². The molecule has 0 saturated heterocycles. The van der Waals surface area contributed by atoms with Crippen molar-refractivity contribution in [3.8, 4) is 0 Å². The molecule has 0 saturated carbocycles. The fourth-order valence-corrected chi connectivity index (χ4v) is 2.21. The second-order valence-corrected chi connectivity index (χ2v) is 4.93. The van der Waals surface area contributed by atoms with Crippen LogP contribution in [0, 0.1) is 0 Å². The zero-order valence-corrected chi connectivity index (χ0v) is 13.6. The zero-order valence-electron chi connectivity index (χ0n) is 12.0. The van der Waals surface area contributed by atoms with Gasteiger partial charge in [-0.05, 0) is 49.2 Å². The molecule has 4 N–H and O–H groups in total. The summed E-state index contributed by atoms with van der Waals surface area (Å²) in [5.74, 6) is 0.0852. The summed E-state index contributed by atoms with van der Waals surface area (Å²) in [6.07, 6.45) is 0. The molecule has 2 aromatic rings. The van der Waals surface area contributed by atoms with Crippen LogP contribution in [0.4, 0.5) is 11.4 Å². The highest BCUT2D eigenvalue weighted by atomic mass is 35.5. The van der Waals surface area contributed by atoms with Gasteiger partial charge < -0.3 is 11.5 Å². The van der Waals surface area contributed by atoms with Crippen LogP contribution in [0.5, 0.6) is 0 Å². The van der Waals surface area contributed by atoms with Crippen LogP contribution in [0.2, 0.25) is 0 Å². The molecule has 0 radical (unpaired) electrons. The number of benzene rings is 2. The van der Waals surface area contributed by atoms with Gasteiger partial charge in [0.05, 0.1) is 5.41 Å². The number of halogens is 2. The molecule has 3 nitrogen and oxygen atoms in total. The van der Waals surface area contributed by atoms with E-state index < -0.39 is 5.41 Å². The standard InChI is InChI=1S/C16H18N2O.2ClH/c1-11(19)16(2,12-3-7-14(17)8-4-12)13-5-9-15(18)10-6-13;;/h3-10H,17-18H2,1-2H3;2*1H. The molecule has 0 spiro atoms. The number of hydrogen-bond donors (Lipinski definition) is 2. The highest BCUT2D eigenvalue weighted by molar-refractivity contribution is 5.91. The second kappa shape index (κ2) is 7.34. The van der Waals surface area contributed by atoms with Crippen molar-refractivity contribution in [3.63, 3.8) is 0 Å². The van der Waals surface area contributed by atoms with Crippen molar-refractivity contribution in [2.24, 2.45) is 0 Å². The van der Waals surface area contributed by atoms with Crippen molar-refractivity contribution < 1.29 is 4.79 Å². The number of ketones is 1. The average Bonchev–Trinajstić information content (AvgIpc) is 2.39. The topological polar surface area (TPSA) is 69.1 Å². The molecule has 0 heterocycles. The van der Waals surface area contributed by atoms with Gasteiger partial charge in [-0.3, -0.25) is 4.79 Å². The molecule has 5 heteroatoms. The Morgan fingerprint density at radius 1 is 0.810 bits per heavy atom. The molecule has 0 unspecified atom stereocenters.